The third kappa shape index (κ3) is 10.0. The van der Waals surface area contributed by atoms with Crippen LogP contribution in [0.25, 0.3) is 0 Å². The fourth-order valence-electron chi connectivity index (χ4n) is 4.42. The van der Waals surface area contributed by atoms with Gasteiger partial charge in [-0.15, -0.1) is 0 Å². The smallest absolute Gasteiger partial charge is 0.261 e. The second-order valence-electron chi connectivity index (χ2n) is 10.1. The van der Waals surface area contributed by atoms with Gasteiger partial charge in [0.2, 0.25) is 5.91 Å². The van der Waals surface area contributed by atoms with Crippen LogP contribution in [-0.2, 0) is 32.6 Å². The minimum Gasteiger partial charge on any atom is -0.484 e. The van der Waals surface area contributed by atoms with Crippen molar-refractivity contribution in [3.63, 3.8) is 0 Å². The van der Waals surface area contributed by atoms with Crippen LogP contribution in [0.2, 0.25) is 5.02 Å². The molecule has 45 heavy (non-hydrogen) atoms. The highest BCUT2D eigenvalue weighted by molar-refractivity contribution is 7.92. The number of ether oxygens (including phenoxy) is 1. The third-order valence-corrected chi connectivity index (χ3v) is 8.41. The number of hydrogen-bond donors (Lipinski definition) is 3. The average Bonchev–Trinajstić information content (AvgIpc) is 3.04. The van der Waals surface area contributed by atoms with Gasteiger partial charge < -0.3 is 20.1 Å². The summed E-state index contributed by atoms with van der Waals surface area (Å²) in [4.78, 5) is 28.5. The van der Waals surface area contributed by atoms with Crippen molar-refractivity contribution in [2.45, 2.75) is 30.3 Å². The number of carbonyl (C=O) groups is 2. The van der Waals surface area contributed by atoms with Crippen molar-refractivity contribution in [3.8, 4) is 5.75 Å². The standard InChI is InChI=1S/C33H33ClFN3O6S/c34-26-9-7-25(8-10-26)22-38(31(33(41)36-19-4-20-39)21-24-5-2-1-3-6-24)32(40)23-44-29-15-17-30(18-16-29)45(42,43)37-28-13-11-27(35)12-14-28/h1-3,5-18,31,37,39H,4,19-23H2,(H,36,41)/t31-/m0/s1. The third-order valence-electron chi connectivity index (χ3n) is 6.76. The van der Waals surface area contributed by atoms with Gasteiger partial charge in [0, 0.05) is 36.8 Å². The molecule has 4 aromatic rings. The van der Waals surface area contributed by atoms with E-state index in [2.05, 4.69) is 10.0 Å². The molecule has 3 N–H and O–H groups in total. The molecule has 0 radical (unpaired) electrons. The Morgan fingerprint density at radius 1 is 0.889 bits per heavy atom. The Hall–Kier alpha value is -4.45. The Morgan fingerprint density at radius 2 is 1.56 bits per heavy atom. The molecule has 4 aromatic carbocycles. The molecule has 2 amide bonds. The number of aliphatic hydroxyl groups is 1. The fraction of sp³-hybridized carbons (Fsp3) is 0.212. The lowest BCUT2D eigenvalue weighted by molar-refractivity contribution is -0.142. The van der Waals surface area contributed by atoms with Gasteiger partial charge in [-0.05, 0) is 78.2 Å². The number of halogens is 2. The zero-order valence-corrected chi connectivity index (χ0v) is 25.8. The van der Waals surface area contributed by atoms with Gasteiger partial charge in [0.05, 0.1) is 4.90 Å². The predicted octanol–water partition coefficient (Wildman–Crippen LogP) is 4.80. The summed E-state index contributed by atoms with van der Waals surface area (Å²) in [6, 6.07) is 25.7. The lowest BCUT2D eigenvalue weighted by Crippen LogP contribution is -2.51. The molecule has 4 rings (SSSR count). The minimum absolute atomic E-state index is 0.0580. The first-order chi connectivity index (χ1) is 21.6. The zero-order chi connectivity index (χ0) is 32.2. The van der Waals surface area contributed by atoms with Crippen LogP contribution in [0.5, 0.6) is 5.75 Å². The highest BCUT2D eigenvalue weighted by atomic mass is 35.5. The first-order valence-electron chi connectivity index (χ1n) is 14.1. The van der Waals surface area contributed by atoms with E-state index in [-0.39, 0.29) is 48.4 Å². The van der Waals surface area contributed by atoms with Crippen LogP contribution in [-0.4, -0.2) is 56.0 Å². The Labute approximate surface area is 266 Å². The summed E-state index contributed by atoms with van der Waals surface area (Å²) in [7, 11) is -3.96. The van der Waals surface area contributed by atoms with E-state index in [0.29, 0.717) is 11.4 Å². The molecule has 0 unspecified atom stereocenters. The van der Waals surface area contributed by atoms with Crippen molar-refractivity contribution in [2.75, 3.05) is 24.5 Å². The van der Waals surface area contributed by atoms with Crippen LogP contribution < -0.4 is 14.8 Å². The average molecular weight is 654 g/mol. The number of nitrogens with zero attached hydrogens (tertiary/aromatic N) is 1. The number of nitrogens with one attached hydrogen (secondary N) is 2. The van der Waals surface area contributed by atoms with Crippen molar-refractivity contribution in [3.05, 3.63) is 125 Å². The highest BCUT2D eigenvalue weighted by Crippen LogP contribution is 2.21. The van der Waals surface area contributed by atoms with Gasteiger partial charge in [-0.2, -0.15) is 0 Å². The number of amides is 2. The molecule has 0 aliphatic rings. The Bertz CT molecular complexity index is 1660. The Balaban J connectivity index is 1.52. The molecule has 0 spiro atoms. The molecule has 12 heteroatoms. The van der Waals surface area contributed by atoms with E-state index in [4.69, 9.17) is 16.3 Å². The Kier molecular flexibility index (Phi) is 11.9. The number of rotatable bonds is 15. The van der Waals surface area contributed by atoms with Gasteiger partial charge in [0.25, 0.3) is 15.9 Å². The van der Waals surface area contributed by atoms with Crippen LogP contribution in [0, 0.1) is 5.82 Å². The SMILES string of the molecule is O=C(NCCCO)[C@H](Cc1ccccc1)N(Cc1ccc(Cl)cc1)C(=O)COc1ccc(S(=O)(=O)Nc2ccc(F)cc2)cc1. The van der Waals surface area contributed by atoms with Crippen LogP contribution in [0.3, 0.4) is 0 Å². The fourth-order valence-corrected chi connectivity index (χ4v) is 5.61. The molecule has 0 bridgehead atoms. The number of aliphatic hydroxyl groups excluding tert-OH is 1. The highest BCUT2D eigenvalue weighted by Gasteiger charge is 2.30. The number of carbonyl (C=O) groups excluding carboxylic acids is 2. The summed E-state index contributed by atoms with van der Waals surface area (Å²) >= 11 is 6.06. The largest absolute Gasteiger partial charge is 0.484 e. The molecular weight excluding hydrogens is 621 g/mol. The van der Waals surface area contributed by atoms with E-state index < -0.39 is 34.4 Å². The van der Waals surface area contributed by atoms with Crippen molar-refractivity contribution >= 4 is 39.1 Å². The summed E-state index contributed by atoms with van der Waals surface area (Å²) in [5.74, 6) is -1.10. The van der Waals surface area contributed by atoms with Crippen molar-refractivity contribution in [1.29, 1.82) is 0 Å². The normalized spacial score (nSPS) is 11.8. The van der Waals surface area contributed by atoms with Crippen molar-refractivity contribution in [1.82, 2.24) is 10.2 Å². The number of anilines is 1. The number of hydrogen-bond acceptors (Lipinski definition) is 6. The monoisotopic (exact) mass is 653 g/mol. The molecule has 0 saturated heterocycles. The minimum atomic E-state index is -3.96. The topological polar surface area (TPSA) is 125 Å². The summed E-state index contributed by atoms with van der Waals surface area (Å²) in [6.07, 6.45) is 0.599. The molecule has 0 saturated carbocycles. The summed E-state index contributed by atoms with van der Waals surface area (Å²) in [5.41, 5.74) is 1.80. The van der Waals surface area contributed by atoms with Crippen LogP contribution >= 0.6 is 11.6 Å². The van der Waals surface area contributed by atoms with Crippen LogP contribution in [0.4, 0.5) is 10.1 Å². The maximum absolute atomic E-state index is 13.7. The zero-order valence-electron chi connectivity index (χ0n) is 24.2. The van der Waals surface area contributed by atoms with E-state index in [9.17, 15) is 27.5 Å². The van der Waals surface area contributed by atoms with Gasteiger partial charge >= 0.3 is 0 Å². The van der Waals surface area contributed by atoms with E-state index >= 15 is 0 Å². The molecule has 0 aliphatic heterocycles. The summed E-state index contributed by atoms with van der Waals surface area (Å²) in [5, 5.41) is 12.5. The molecule has 236 valence electrons. The number of sulfonamides is 1. The molecule has 0 aromatic heterocycles. The molecular formula is C33H33ClFN3O6S. The van der Waals surface area contributed by atoms with Gasteiger partial charge in [-0.3, -0.25) is 14.3 Å². The lowest BCUT2D eigenvalue weighted by Gasteiger charge is -2.31. The van der Waals surface area contributed by atoms with Gasteiger partial charge in [0.15, 0.2) is 6.61 Å². The van der Waals surface area contributed by atoms with E-state index in [0.717, 1.165) is 23.3 Å². The van der Waals surface area contributed by atoms with Gasteiger partial charge in [-0.1, -0.05) is 54.1 Å². The predicted molar refractivity (Wildman–Crippen MR) is 170 cm³/mol. The van der Waals surface area contributed by atoms with E-state index in [1.54, 1.807) is 24.3 Å². The van der Waals surface area contributed by atoms with Crippen LogP contribution in [0.15, 0.2) is 108 Å². The lowest BCUT2D eigenvalue weighted by atomic mass is 10.0. The molecule has 9 nitrogen and oxygen atoms in total. The first-order valence-corrected chi connectivity index (χ1v) is 16.0. The maximum Gasteiger partial charge on any atom is 0.261 e. The van der Waals surface area contributed by atoms with Crippen molar-refractivity contribution < 1.29 is 32.2 Å². The van der Waals surface area contributed by atoms with Crippen molar-refractivity contribution in [2.24, 2.45) is 0 Å². The van der Waals surface area contributed by atoms with Gasteiger partial charge in [0.1, 0.15) is 17.6 Å². The molecule has 0 aliphatic carbocycles. The van der Waals surface area contributed by atoms with Crippen LogP contribution in [0.1, 0.15) is 17.5 Å². The summed E-state index contributed by atoms with van der Waals surface area (Å²) in [6.45, 7) is -0.183. The second kappa shape index (κ2) is 16.0. The molecule has 1 atom stereocenters. The maximum atomic E-state index is 13.7. The quantitative estimate of drug-likeness (QED) is 0.158. The molecule has 0 heterocycles. The van der Waals surface area contributed by atoms with E-state index in [1.807, 2.05) is 30.3 Å². The number of benzene rings is 4. The molecule has 0 fully saturated rings. The van der Waals surface area contributed by atoms with E-state index in [1.165, 1.54) is 41.3 Å². The van der Waals surface area contributed by atoms with Gasteiger partial charge in [-0.25, -0.2) is 12.8 Å². The summed E-state index contributed by atoms with van der Waals surface area (Å²) < 4.78 is 46.8. The Morgan fingerprint density at radius 3 is 2.20 bits per heavy atom. The second-order valence-corrected chi connectivity index (χ2v) is 12.2. The first kappa shape index (κ1) is 33.4.